The molecule has 0 aromatic carbocycles. The molecule has 0 saturated carbocycles. The minimum absolute atomic E-state index is 0.0801. The lowest BCUT2D eigenvalue weighted by molar-refractivity contribution is -0.140. The van der Waals surface area contributed by atoms with Crippen LogP contribution < -0.4 is 5.73 Å². The molecule has 0 fully saturated rings. The second kappa shape index (κ2) is 7.65. The van der Waals surface area contributed by atoms with Crippen molar-refractivity contribution in [3.63, 3.8) is 0 Å². The first-order valence-corrected chi connectivity index (χ1v) is 7.57. The minimum Gasteiger partial charge on any atom is -0.468 e. The number of ether oxygens (including phenoxy) is 1. The summed E-state index contributed by atoms with van der Waals surface area (Å²) in [7, 11) is -2.50. The van der Waals surface area contributed by atoms with Gasteiger partial charge in [0.25, 0.3) is 0 Å². The molecule has 0 aromatic heterocycles. The molecule has 106 valence electrons. The van der Waals surface area contributed by atoms with Crippen molar-refractivity contribution in [1.29, 1.82) is 0 Å². The smallest absolute Gasteiger partial charge is 0.321 e. The maximum atomic E-state index is 12.3. The first-order chi connectivity index (χ1) is 8.31. The number of nitrogens with two attached hydrogens (primary N) is 1. The van der Waals surface area contributed by atoms with Crippen molar-refractivity contribution in [2.45, 2.75) is 31.9 Å². The van der Waals surface area contributed by atoms with E-state index in [2.05, 4.69) is 4.74 Å². The molecular formula is C10H20N2O4S2. The number of rotatable bonds is 8. The van der Waals surface area contributed by atoms with Crippen LogP contribution in [0.1, 0.15) is 26.7 Å². The molecule has 0 bridgehead atoms. The van der Waals surface area contributed by atoms with Crippen molar-refractivity contribution in [3.05, 3.63) is 0 Å². The number of hydrogen-bond donors (Lipinski definition) is 1. The van der Waals surface area contributed by atoms with Gasteiger partial charge in [-0.1, -0.05) is 26.1 Å². The van der Waals surface area contributed by atoms with Crippen LogP contribution in [0.2, 0.25) is 0 Å². The predicted molar refractivity (Wildman–Crippen MR) is 73.7 cm³/mol. The third kappa shape index (κ3) is 4.51. The van der Waals surface area contributed by atoms with E-state index >= 15 is 0 Å². The zero-order valence-corrected chi connectivity index (χ0v) is 12.5. The van der Waals surface area contributed by atoms with Crippen molar-refractivity contribution in [1.82, 2.24) is 4.31 Å². The molecule has 0 rings (SSSR count). The molecule has 2 N–H and O–H groups in total. The fourth-order valence-corrected chi connectivity index (χ4v) is 3.82. The van der Waals surface area contributed by atoms with E-state index in [0.717, 1.165) is 4.31 Å². The second-order valence-corrected chi connectivity index (χ2v) is 6.34. The number of carbonyl (C=O) groups is 1. The molecule has 8 heteroatoms. The van der Waals surface area contributed by atoms with Crippen molar-refractivity contribution in [2.75, 3.05) is 20.2 Å². The summed E-state index contributed by atoms with van der Waals surface area (Å²) in [5, 5.41) is -0.941. The maximum absolute atomic E-state index is 12.3. The summed E-state index contributed by atoms with van der Waals surface area (Å²) in [4.78, 5) is 11.2. The van der Waals surface area contributed by atoms with Gasteiger partial charge in [-0.15, -0.1) is 0 Å². The van der Waals surface area contributed by atoms with Crippen molar-refractivity contribution < 1.29 is 17.9 Å². The Hall–Kier alpha value is -0.730. The van der Waals surface area contributed by atoms with Gasteiger partial charge < -0.3 is 10.5 Å². The van der Waals surface area contributed by atoms with Crippen molar-refractivity contribution in [2.24, 2.45) is 5.73 Å². The second-order valence-electron chi connectivity index (χ2n) is 3.75. The highest BCUT2D eigenvalue weighted by Crippen LogP contribution is 2.13. The highest BCUT2D eigenvalue weighted by molar-refractivity contribution is 7.92. The van der Waals surface area contributed by atoms with Crippen LogP contribution in [-0.2, 0) is 19.6 Å². The number of sulfonamides is 1. The summed E-state index contributed by atoms with van der Waals surface area (Å²) in [5.41, 5.74) is 5.44. The van der Waals surface area contributed by atoms with Crippen LogP contribution in [0.5, 0.6) is 0 Å². The molecule has 0 aliphatic heterocycles. The first-order valence-electron chi connectivity index (χ1n) is 5.66. The fourth-order valence-electron chi connectivity index (χ4n) is 1.49. The topological polar surface area (TPSA) is 89.7 Å². The summed E-state index contributed by atoms with van der Waals surface area (Å²) < 4.78 is 30.2. The van der Waals surface area contributed by atoms with E-state index in [1.807, 2.05) is 6.92 Å². The molecule has 6 nitrogen and oxygen atoms in total. The lowest BCUT2D eigenvalue weighted by Gasteiger charge is -2.25. The van der Waals surface area contributed by atoms with Gasteiger partial charge in [-0.05, 0) is 12.8 Å². The molecule has 0 radical (unpaired) electrons. The molecule has 0 aliphatic rings. The van der Waals surface area contributed by atoms with Crippen LogP contribution in [0.25, 0.3) is 0 Å². The summed E-state index contributed by atoms with van der Waals surface area (Å²) in [6.07, 6.45) is 0.864. The summed E-state index contributed by atoms with van der Waals surface area (Å²) >= 11 is 4.77. The zero-order chi connectivity index (χ0) is 14.3. The van der Waals surface area contributed by atoms with E-state index in [9.17, 15) is 13.2 Å². The largest absolute Gasteiger partial charge is 0.468 e. The summed E-state index contributed by atoms with van der Waals surface area (Å²) in [5.74, 6) is -0.607. The Morgan fingerprint density at radius 3 is 2.33 bits per heavy atom. The summed E-state index contributed by atoms with van der Waals surface area (Å²) in [6.45, 7) is 3.42. The van der Waals surface area contributed by atoms with Crippen LogP contribution in [0, 0.1) is 0 Å². The standard InChI is InChI=1S/C10H20N2O4S2/c1-4-6-12(7-9(13)16-3)18(14,15)8(5-2)10(11)17/h8H,4-7H2,1-3H3,(H2,11,17). The lowest BCUT2D eigenvalue weighted by atomic mass is 10.3. The Morgan fingerprint density at radius 1 is 1.44 bits per heavy atom. The van der Waals surface area contributed by atoms with Crippen molar-refractivity contribution in [3.8, 4) is 0 Å². The van der Waals surface area contributed by atoms with E-state index in [0.29, 0.717) is 6.42 Å². The summed E-state index contributed by atoms with van der Waals surface area (Å²) in [6, 6.07) is 0. The van der Waals surface area contributed by atoms with Crippen LogP contribution >= 0.6 is 12.2 Å². The predicted octanol–water partition coefficient (Wildman–Crippen LogP) is 0.266. The third-order valence-corrected chi connectivity index (χ3v) is 5.19. The Kier molecular flexibility index (Phi) is 7.34. The highest BCUT2D eigenvalue weighted by Gasteiger charge is 2.33. The Balaban J connectivity index is 5.19. The zero-order valence-electron chi connectivity index (χ0n) is 10.9. The molecular weight excluding hydrogens is 276 g/mol. The molecule has 0 aromatic rings. The van der Waals surface area contributed by atoms with E-state index in [-0.39, 0.29) is 24.5 Å². The Labute approximate surface area is 114 Å². The first kappa shape index (κ1) is 17.3. The van der Waals surface area contributed by atoms with Gasteiger partial charge in [0.1, 0.15) is 11.8 Å². The molecule has 0 amide bonds. The van der Waals surface area contributed by atoms with Crippen LogP contribution in [0.3, 0.4) is 0 Å². The average molecular weight is 296 g/mol. The average Bonchev–Trinajstić information content (AvgIpc) is 2.28. The van der Waals surface area contributed by atoms with E-state index < -0.39 is 21.2 Å². The SMILES string of the molecule is CCCN(CC(=O)OC)S(=O)(=O)C(CC)C(N)=S. The molecule has 0 spiro atoms. The molecule has 1 atom stereocenters. The van der Waals surface area contributed by atoms with Crippen molar-refractivity contribution >= 4 is 33.2 Å². The van der Waals surface area contributed by atoms with Gasteiger partial charge in [0.15, 0.2) is 0 Å². The Bertz CT molecular complexity index is 395. The molecule has 0 saturated heterocycles. The maximum Gasteiger partial charge on any atom is 0.321 e. The number of esters is 1. The van der Waals surface area contributed by atoms with Crippen LogP contribution in [-0.4, -0.2) is 49.1 Å². The lowest BCUT2D eigenvalue weighted by Crippen LogP contribution is -2.46. The van der Waals surface area contributed by atoms with Gasteiger partial charge in [0, 0.05) is 6.54 Å². The van der Waals surface area contributed by atoms with Gasteiger partial charge in [-0.2, -0.15) is 4.31 Å². The normalized spacial score (nSPS) is 13.3. The van der Waals surface area contributed by atoms with E-state index in [1.165, 1.54) is 7.11 Å². The number of hydrogen-bond acceptors (Lipinski definition) is 5. The van der Waals surface area contributed by atoms with Crippen LogP contribution in [0.4, 0.5) is 0 Å². The quantitative estimate of drug-likeness (QED) is 0.511. The van der Waals surface area contributed by atoms with Gasteiger partial charge in [-0.3, -0.25) is 4.79 Å². The number of thiocarbonyl (C=S) groups is 1. The Morgan fingerprint density at radius 2 is 2.00 bits per heavy atom. The monoisotopic (exact) mass is 296 g/mol. The van der Waals surface area contributed by atoms with E-state index in [1.54, 1.807) is 6.92 Å². The number of methoxy groups -OCH3 is 1. The minimum atomic E-state index is -3.71. The van der Waals surface area contributed by atoms with Gasteiger partial charge >= 0.3 is 5.97 Å². The molecule has 0 aliphatic carbocycles. The highest BCUT2D eigenvalue weighted by atomic mass is 32.2. The third-order valence-electron chi connectivity index (χ3n) is 2.41. The van der Waals surface area contributed by atoms with E-state index in [4.69, 9.17) is 18.0 Å². The number of nitrogens with zero attached hydrogens (tertiary/aromatic N) is 1. The molecule has 18 heavy (non-hydrogen) atoms. The fraction of sp³-hybridized carbons (Fsp3) is 0.800. The number of carbonyl (C=O) groups excluding carboxylic acids is 1. The van der Waals surface area contributed by atoms with Gasteiger partial charge in [0.05, 0.1) is 12.1 Å². The van der Waals surface area contributed by atoms with Crippen LogP contribution in [0.15, 0.2) is 0 Å². The molecule has 0 heterocycles. The molecule has 1 unspecified atom stereocenters. The van der Waals surface area contributed by atoms with Gasteiger partial charge in [-0.25, -0.2) is 8.42 Å². The van der Waals surface area contributed by atoms with Gasteiger partial charge in [0.2, 0.25) is 10.0 Å².